The molecule has 0 radical (unpaired) electrons. The summed E-state index contributed by atoms with van der Waals surface area (Å²) in [6.45, 7) is 3.67. The van der Waals surface area contributed by atoms with Crippen LogP contribution in [0.1, 0.15) is 25.1 Å². The van der Waals surface area contributed by atoms with Gasteiger partial charge in [0, 0.05) is 6.20 Å². The van der Waals surface area contributed by atoms with Crippen molar-refractivity contribution in [3.8, 4) is 0 Å². The van der Waals surface area contributed by atoms with Crippen molar-refractivity contribution in [3.05, 3.63) is 18.0 Å². The zero-order valence-electron chi connectivity index (χ0n) is 7.19. The lowest BCUT2D eigenvalue weighted by atomic mass is 10.2. The molecule has 1 aromatic rings. The summed E-state index contributed by atoms with van der Waals surface area (Å²) in [5.74, 6) is -0.833. The number of carbonyl (C=O) groups is 1. The second-order valence-corrected chi connectivity index (χ2v) is 2.70. The van der Waals surface area contributed by atoms with E-state index in [0.29, 0.717) is 6.42 Å². The van der Waals surface area contributed by atoms with Crippen molar-refractivity contribution in [2.75, 3.05) is 0 Å². The highest BCUT2D eigenvalue weighted by molar-refractivity contribution is 5.71. The summed E-state index contributed by atoms with van der Waals surface area (Å²) in [6.07, 6.45) is 2.24. The second kappa shape index (κ2) is 3.38. The van der Waals surface area contributed by atoms with Crippen molar-refractivity contribution in [1.82, 2.24) is 9.78 Å². The van der Waals surface area contributed by atoms with E-state index in [1.807, 2.05) is 13.8 Å². The van der Waals surface area contributed by atoms with E-state index >= 15 is 0 Å². The molecule has 1 atom stereocenters. The smallest absolute Gasteiger partial charge is 0.328 e. The lowest BCUT2D eigenvalue weighted by Crippen LogP contribution is -2.18. The minimum absolute atomic E-state index is 0.529. The van der Waals surface area contributed by atoms with E-state index in [-0.39, 0.29) is 0 Å². The maximum absolute atomic E-state index is 10.7. The van der Waals surface area contributed by atoms with E-state index in [0.717, 1.165) is 5.69 Å². The highest BCUT2D eigenvalue weighted by atomic mass is 16.4. The Morgan fingerprint density at radius 1 is 1.83 bits per heavy atom. The van der Waals surface area contributed by atoms with E-state index in [2.05, 4.69) is 5.10 Å². The summed E-state index contributed by atoms with van der Waals surface area (Å²) >= 11 is 0. The summed E-state index contributed by atoms with van der Waals surface area (Å²) in [4.78, 5) is 10.7. The number of aromatic nitrogens is 2. The van der Waals surface area contributed by atoms with Crippen molar-refractivity contribution in [2.45, 2.75) is 26.3 Å². The molecule has 0 aromatic carbocycles. The van der Waals surface area contributed by atoms with Crippen LogP contribution in [0.3, 0.4) is 0 Å². The van der Waals surface area contributed by atoms with Crippen molar-refractivity contribution in [3.63, 3.8) is 0 Å². The van der Waals surface area contributed by atoms with Crippen LogP contribution in [0.4, 0.5) is 0 Å². The van der Waals surface area contributed by atoms with Crippen LogP contribution in [-0.2, 0) is 4.79 Å². The highest BCUT2D eigenvalue weighted by Gasteiger charge is 2.16. The van der Waals surface area contributed by atoms with E-state index in [4.69, 9.17) is 5.11 Å². The van der Waals surface area contributed by atoms with Gasteiger partial charge in [0.05, 0.1) is 5.69 Å². The Morgan fingerprint density at radius 2 is 2.50 bits per heavy atom. The Labute approximate surface area is 70.8 Å². The van der Waals surface area contributed by atoms with E-state index in [1.54, 1.807) is 12.3 Å². The zero-order chi connectivity index (χ0) is 9.14. The molecule has 0 fully saturated rings. The average Bonchev–Trinajstić information content (AvgIpc) is 2.37. The van der Waals surface area contributed by atoms with Gasteiger partial charge in [-0.05, 0) is 19.4 Å². The van der Waals surface area contributed by atoms with Gasteiger partial charge in [-0.3, -0.25) is 4.68 Å². The second-order valence-electron chi connectivity index (χ2n) is 2.70. The molecular formula is C8H12N2O2. The normalized spacial score (nSPS) is 12.8. The van der Waals surface area contributed by atoms with Gasteiger partial charge in [-0.2, -0.15) is 5.10 Å². The standard InChI is InChI=1S/C8H12N2O2/c1-3-7(8(11)12)10-5-4-6(2)9-10/h4-5,7H,3H2,1-2H3,(H,11,12). The highest BCUT2D eigenvalue weighted by Crippen LogP contribution is 2.10. The summed E-state index contributed by atoms with van der Waals surface area (Å²) in [5, 5.41) is 12.8. The van der Waals surface area contributed by atoms with Gasteiger partial charge in [-0.1, -0.05) is 6.92 Å². The van der Waals surface area contributed by atoms with Gasteiger partial charge in [-0.15, -0.1) is 0 Å². The van der Waals surface area contributed by atoms with Crippen LogP contribution in [0.25, 0.3) is 0 Å². The Kier molecular flexibility index (Phi) is 2.47. The van der Waals surface area contributed by atoms with Crippen molar-refractivity contribution < 1.29 is 9.90 Å². The molecule has 1 aromatic heterocycles. The van der Waals surface area contributed by atoms with Crippen LogP contribution >= 0.6 is 0 Å². The van der Waals surface area contributed by atoms with Crippen molar-refractivity contribution >= 4 is 5.97 Å². The number of nitrogens with zero attached hydrogens (tertiary/aromatic N) is 2. The van der Waals surface area contributed by atoms with E-state index in [1.165, 1.54) is 4.68 Å². The minimum atomic E-state index is -0.833. The molecule has 0 amide bonds. The molecule has 0 bridgehead atoms. The van der Waals surface area contributed by atoms with Gasteiger partial charge < -0.3 is 5.11 Å². The van der Waals surface area contributed by atoms with Crippen LogP contribution < -0.4 is 0 Å². The van der Waals surface area contributed by atoms with Crippen molar-refractivity contribution in [1.29, 1.82) is 0 Å². The fraction of sp³-hybridized carbons (Fsp3) is 0.500. The largest absolute Gasteiger partial charge is 0.480 e. The fourth-order valence-corrected chi connectivity index (χ4v) is 1.08. The van der Waals surface area contributed by atoms with Crippen LogP contribution in [0.5, 0.6) is 0 Å². The third kappa shape index (κ3) is 1.64. The summed E-state index contributed by atoms with van der Waals surface area (Å²) < 4.78 is 1.48. The van der Waals surface area contributed by atoms with Crippen LogP contribution in [-0.4, -0.2) is 20.9 Å². The van der Waals surface area contributed by atoms with Crippen molar-refractivity contribution in [2.24, 2.45) is 0 Å². The maximum Gasteiger partial charge on any atom is 0.328 e. The molecule has 12 heavy (non-hydrogen) atoms. The average molecular weight is 168 g/mol. The number of rotatable bonds is 3. The topological polar surface area (TPSA) is 55.1 Å². The van der Waals surface area contributed by atoms with Gasteiger partial charge in [-0.25, -0.2) is 4.79 Å². The molecule has 0 saturated carbocycles. The van der Waals surface area contributed by atoms with Gasteiger partial charge >= 0.3 is 5.97 Å². The molecule has 1 unspecified atom stereocenters. The summed E-state index contributed by atoms with van der Waals surface area (Å²) in [5.41, 5.74) is 0.842. The number of carboxylic acid groups (broad SMARTS) is 1. The molecule has 0 saturated heterocycles. The molecule has 66 valence electrons. The Balaban J connectivity index is 2.87. The Bertz CT molecular complexity index is 280. The maximum atomic E-state index is 10.7. The molecule has 0 aliphatic heterocycles. The van der Waals surface area contributed by atoms with Gasteiger partial charge in [0.1, 0.15) is 6.04 Å². The van der Waals surface area contributed by atoms with Crippen LogP contribution in [0.2, 0.25) is 0 Å². The Morgan fingerprint density at radius 3 is 2.83 bits per heavy atom. The summed E-state index contributed by atoms with van der Waals surface area (Å²) in [7, 11) is 0. The van der Waals surface area contributed by atoms with E-state index < -0.39 is 12.0 Å². The van der Waals surface area contributed by atoms with Crippen LogP contribution in [0, 0.1) is 6.92 Å². The first kappa shape index (κ1) is 8.77. The number of hydrogen-bond donors (Lipinski definition) is 1. The molecule has 4 nitrogen and oxygen atoms in total. The molecule has 0 aliphatic rings. The first-order valence-electron chi connectivity index (χ1n) is 3.89. The lowest BCUT2D eigenvalue weighted by molar-refractivity contribution is -0.141. The first-order valence-corrected chi connectivity index (χ1v) is 3.89. The first-order chi connectivity index (χ1) is 5.65. The fourth-order valence-electron chi connectivity index (χ4n) is 1.08. The van der Waals surface area contributed by atoms with E-state index in [9.17, 15) is 4.79 Å². The number of carboxylic acids is 1. The molecule has 4 heteroatoms. The van der Waals surface area contributed by atoms with Gasteiger partial charge in [0.15, 0.2) is 0 Å². The quantitative estimate of drug-likeness (QED) is 0.738. The zero-order valence-corrected chi connectivity index (χ0v) is 7.19. The molecule has 0 aliphatic carbocycles. The molecule has 1 heterocycles. The third-order valence-corrected chi connectivity index (χ3v) is 1.73. The lowest BCUT2D eigenvalue weighted by Gasteiger charge is -2.09. The predicted octanol–water partition coefficient (Wildman–Crippen LogP) is 1.23. The minimum Gasteiger partial charge on any atom is -0.480 e. The molecular weight excluding hydrogens is 156 g/mol. The summed E-state index contributed by atoms with van der Waals surface area (Å²) in [6, 6.07) is 1.27. The predicted molar refractivity (Wildman–Crippen MR) is 43.9 cm³/mol. The number of aryl methyl sites for hydroxylation is 1. The molecule has 1 rings (SSSR count). The molecule has 1 N–H and O–H groups in total. The third-order valence-electron chi connectivity index (χ3n) is 1.73. The van der Waals surface area contributed by atoms with Gasteiger partial charge in [0.2, 0.25) is 0 Å². The monoisotopic (exact) mass is 168 g/mol. The Hall–Kier alpha value is -1.32. The van der Waals surface area contributed by atoms with Crippen LogP contribution in [0.15, 0.2) is 12.3 Å². The number of hydrogen-bond acceptors (Lipinski definition) is 2. The van der Waals surface area contributed by atoms with Gasteiger partial charge in [0.25, 0.3) is 0 Å². The SMILES string of the molecule is CCC(C(=O)O)n1ccc(C)n1. The molecule has 0 spiro atoms. The number of aliphatic carboxylic acids is 1.